The van der Waals surface area contributed by atoms with E-state index in [1.807, 2.05) is 12.3 Å². The highest BCUT2D eigenvalue weighted by atomic mass is 35.5. The van der Waals surface area contributed by atoms with Gasteiger partial charge in [-0.25, -0.2) is 0 Å². The highest BCUT2D eigenvalue weighted by molar-refractivity contribution is 7.06. The molecule has 0 saturated carbocycles. The van der Waals surface area contributed by atoms with Crippen LogP contribution < -0.4 is 0 Å². The minimum absolute atomic E-state index is 0.432. The molecule has 3 rings (SSSR count). The molecule has 2 nitrogen and oxygen atoms in total. The second kappa shape index (κ2) is 15.6. The van der Waals surface area contributed by atoms with Crippen molar-refractivity contribution in [3.05, 3.63) is 80.1 Å². The fourth-order valence-electron chi connectivity index (χ4n) is 4.14. The number of nitrogens with zero attached hydrogens (tertiary/aromatic N) is 2. The number of hydrogen-bond donors (Lipinski definition) is 0. The predicted octanol–water partition coefficient (Wildman–Crippen LogP) is 11.6. The van der Waals surface area contributed by atoms with Gasteiger partial charge < -0.3 is 0 Å². The van der Waals surface area contributed by atoms with Gasteiger partial charge in [0.15, 0.2) is 0 Å². The monoisotopic (exact) mass is 542 g/mol. The quantitative estimate of drug-likeness (QED) is 0.309. The Labute approximate surface area is 237 Å². The molecule has 0 amide bonds. The van der Waals surface area contributed by atoms with E-state index in [0.717, 1.165) is 10.7 Å². The van der Waals surface area contributed by atoms with Gasteiger partial charge in [-0.2, -0.15) is 4.37 Å². The lowest BCUT2D eigenvalue weighted by Gasteiger charge is -2.16. The van der Waals surface area contributed by atoms with Crippen molar-refractivity contribution in [1.82, 2.24) is 9.36 Å². The normalized spacial score (nSPS) is 11.4. The minimum atomic E-state index is 0.432. The Morgan fingerprint density at radius 3 is 1.54 bits per heavy atom. The van der Waals surface area contributed by atoms with Crippen molar-refractivity contribution in [2.45, 2.75) is 126 Å². The average molecular weight is 543 g/mol. The first-order chi connectivity index (χ1) is 17.2. The molecule has 0 N–H and O–H groups in total. The molecule has 0 atom stereocenters. The molecule has 0 spiro atoms. The first kappa shape index (κ1) is 33.3. The summed E-state index contributed by atoms with van der Waals surface area (Å²) in [6, 6.07) is 11.0. The number of aromatic nitrogens is 2. The SMILES string of the molecule is CC(C)c1cccnc1C(C)C.CC(C)c1nsc(C(C)C)c1Cl.Cc1ccc(C(C)C)c(C(C)C)c1. The Morgan fingerprint density at radius 1 is 0.622 bits per heavy atom. The molecule has 0 saturated heterocycles. The third-order valence-corrected chi connectivity index (χ3v) is 7.95. The Balaban J connectivity index is 0.000000278. The van der Waals surface area contributed by atoms with Gasteiger partial charge in [0.05, 0.1) is 10.7 Å². The smallest absolute Gasteiger partial charge is 0.0783 e. The summed E-state index contributed by atoms with van der Waals surface area (Å²) in [5.74, 6) is 3.30. The lowest BCUT2D eigenvalue weighted by molar-refractivity contribution is 0.757. The van der Waals surface area contributed by atoms with Gasteiger partial charge in [0.25, 0.3) is 0 Å². The first-order valence-corrected chi connectivity index (χ1v) is 15.0. The Bertz CT molecular complexity index is 1030. The summed E-state index contributed by atoms with van der Waals surface area (Å²) in [4.78, 5) is 5.61. The molecule has 0 bridgehead atoms. The number of benzene rings is 1. The zero-order valence-corrected chi connectivity index (χ0v) is 27.2. The molecule has 1 aromatic carbocycles. The topological polar surface area (TPSA) is 25.8 Å². The van der Waals surface area contributed by atoms with Crippen LogP contribution in [0.15, 0.2) is 36.5 Å². The molecular weight excluding hydrogens is 492 g/mol. The summed E-state index contributed by atoms with van der Waals surface area (Å²) >= 11 is 7.69. The lowest BCUT2D eigenvalue weighted by Crippen LogP contribution is -2.00. The van der Waals surface area contributed by atoms with Crippen molar-refractivity contribution in [1.29, 1.82) is 0 Å². The molecular formula is C33H51ClN2S. The lowest BCUT2D eigenvalue weighted by atomic mass is 9.89. The Hall–Kier alpha value is -1.71. The fraction of sp³-hybridized carbons (Fsp3) is 0.576. The number of aryl methyl sites for hydroxylation is 1. The van der Waals surface area contributed by atoms with Crippen LogP contribution in [-0.2, 0) is 0 Å². The summed E-state index contributed by atoms with van der Waals surface area (Å²) in [6.45, 7) is 28.5. The molecule has 0 aliphatic carbocycles. The summed E-state index contributed by atoms with van der Waals surface area (Å²) in [7, 11) is 0. The minimum Gasteiger partial charge on any atom is -0.261 e. The number of halogens is 1. The molecule has 0 fully saturated rings. The highest BCUT2D eigenvalue weighted by Crippen LogP contribution is 2.34. The van der Waals surface area contributed by atoms with E-state index in [2.05, 4.69) is 124 Å². The zero-order valence-electron chi connectivity index (χ0n) is 25.6. The van der Waals surface area contributed by atoms with Crippen molar-refractivity contribution in [2.75, 3.05) is 0 Å². The van der Waals surface area contributed by atoms with Gasteiger partial charge >= 0.3 is 0 Å². The summed E-state index contributed by atoms with van der Waals surface area (Å²) < 4.78 is 4.35. The number of rotatable bonds is 6. The van der Waals surface area contributed by atoms with Crippen LogP contribution in [0.3, 0.4) is 0 Å². The summed E-state index contributed by atoms with van der Waals surface area (Å²) in [6.07, 6.45) is 1.88. The van der Waals surface area contributed by atoms with Crippen LogP contribution >= 0.6 is 23.1 Å². The zero-order chi connectivity index (χ0) is 28.4. The van der Waals surface area contributed by atoms with E-state index < -0.39 is 0 Å². The van der Waals surface area contributed by atoms with Crippen LogP contribution in [0.25, 0.3) is 0 Å². The first-order valence-electron chi connectivity index (χ1n) is 13.9. The van der Waals surface area contributed by atoms with Gasteiger partial charge in [-0.05, 0) is 76.7 Å². The largest absolute Gasteiger partial charge is 0.261 e. The van der Waals surface area contributed by atoms with Crippen LogP contribution in [0.4, 0.5) is 0 Å². The van der Waals surface area contributed by atoms with Crippen molar-refractivity contribution in [2.24, 2.45) is 0 Å². The summed E-state index contributed by atoms with van der Waals surface area (Å²) in [5, 5.41) is 0.880. The van der Waals surface area contributed by atoms with E-state index in [0.29, 0.717) is 35.5 Å². The molecule has 206 valence electrons. The third-order valence-electron chi connectivity index (χ3n) is 6.28. The van der Waals surface area contributed by atoms with Crippen LogP contribution in [0.1, 0.15) is 157 Å². The van der Waals surface area contributed by atoms with Crippen molar-refractivity contribution in [3.8, 4) is 0 Å². The maximum Gasteiger partial charge on any atom is 0.0783 e. The van der Waals surface area contributed by atoms with E-state index in [4.69, 9.17) is 11.6 Å². The van der Waals surface area contributed by atoms with Crippen LogP contribution in [0.2, 0.25) is 5.02 Å². The molecule has 0 aliphatic heterocycles. The second-order valence-corrected chi connectivity index (χ2v) is 13.0. The van der Waals surface area contributed by atoms with Crippen molar-refractivity contribution < 1.29 is 0 Å². The molecule has 0 radical (unpaired) electrons. The van der Waals surface area contributed by atoms with Gasteiger partial charge in [0.1, 0.15) is 0 Å². The van der Waals surface area contributed by atoms with Crippen LogP contribution in [-0.4, -0.2) is 9.36 Å². The molecule has 0 aliphatic rings. The molecule has 2 heterocycles. The fourth-order valence-corrected chi connectivity index (χ4v) is 5.67. The number of pyridine rings is 1. The molecule has 37 heavy (non-hydrogen) atoms. The van der Waals surface area contributed by atoms with E-state index >= 15 is 0 Å². The van der Waals surface area contributed by atoms with E-state index in [9.17, 15) is 0 Å². The summed E-state index contributed by atoms with van der Waals surface area (Å²) in [5.41, 5.74) is 8.05. The van der Waals surface area contributed by atoms with Gasteiger partial charge in [-0.1, -0.05) is 125 Å². The predicted molar refractivity (Wildman–Crippen MR) is 167 cm³/mol. The molecule has 4 heteroatoms. The Morgan fingerprint density at radius 2 is 1.16 bits per heavy atom. The van der Waals surface area contributed by atoms with Crippen LogP contribution in [0, 0.1) is 6.92 Å². The third kappa shape index (κ3) is 10.2. The standard InChI is InChI=1S/C13H20.C11H17N.C9H14ClNS/c1-9(2)12-7-6-11(5)8-13(12)10(3)4;1-8(2)10-6-5-7-12-11(10)9(3)4;1-5(2)8-7(10)9(6(3)4)12-11-8/h6-10H,1-5H3;5-9H,1-4H3;5-6H,1-4H3. The van der Waals surface area contributed by atoms with Gasteiger partial charge in [-0.3, -0.25) is 4.98 Å². The van der Waals surface area contributed by atoms with Gasteiger partial charge in [0, 0.05) is 16.8 Å². The maximum atomic E-state index is 6.16. The number of hydrogen-bond acceptors (Lipinski definition) is 3. The molecule has 3 aromatic rings. The van der Waals surface area contributed by atoms with E-state index in [1.54, 1.807) is 0 Å². The van der Waals surface area contributed by atoms with Crippen molar-refractivity contribution >= 4 is 23.1 Å². The highest BCUT2D eigenvalue weighted by Gasteiger charge is 2.16. The van der Waals surface area contributed by atoms with E-state index in [1.165, 1.54) is 44.4 Å². The van der Waals surface area contributed by atoms with Gasteiger partial charge in [-0.15, -0.1) is 0 Å². The Kier molecular flexibility index (Phi) is 14.1. The maximum absolute atomic E-state index is 6.16. The molecule has 2 aromatic heterocycles. The van der Waals surface area contributed by atoms with Gasteiger partial charge in [0.2, 0.25) is 0 Å². The van der Waals surface area contributed by atoms with Crippen LogP contribution in [0.5, 0.6) is 0 Å². The van der Waals surface area contributed by atoms with E-state index in [-0.39, 0.29) is 0 Å². The molecule has 0 unspecified atom stereocenters. The van der Waals surface area contributed by atoms with Crippen molar-refractivity contribution in [3.63, 3.8) is 0 Å². The second-order valence-electron chi connectivity index (χ2n) is 11.8. The average Bonchev–Trinajstić information content (AvgIpc) is 3.21.